The summed E-state index contributed by atoms with van der Waals surface area (Å²) in [5.41, 5.74) is -0.674. The molecule has 0 aromatic carbocycles. The molecule has 6 atom stereocenters. The molecule has 0 aliphatic heterocycles. The minimum Gasteiger partial charge on any atom is -0.465 e. The first-order valence-corrected chi connectivity index (χ1v) is 32.2. The van der Waals surface area contributed by atoms with Gasteiger partial charge in [0.15, 0.2) is 0 Å². The second-order valence-corrected chi connectivity index (χ2v) is 30.4. The van der Waals surface area contributed by atoms with E-state index in [4.69, 9.17) is 28.4 Å². The van der Waals surface area contributed by atoms with Gasteiger partial charge in [-0.25, -0.2) is 0 Å². The highest BCUT2D eigenvalue weighted by molar-refractivity contribution is 5.77. The van der Waals surface area contributed by atoms with Gasteiger partial charge in [-0.15, -0.1) is 0 Å². The number of fused-ring (bicyclic) bond motifs is 4. The lowest BCUT2D eigenvalue weighted by Crippen LogP contribution is -2.48. The van der Waals surface area contributed by atoms with Crippen LogP contribution in [0.2, 0.25) is 0 Å². The van der Waals surface area contributed by atoms with Gasteiger partial charge in [-0.2, -0.15) is 0 Å². The summed E-state index contributed by atoms with van der Waals surface area (Å²) >= 11 is 0. The van der Waals surface area contributed by atoms with Gasteiger partial charge in [-0.1, -0.05) is 40.5 Å². The second-order valence-electron chi connectivity index (χ2n) is 30.4. The van der Waals surface area contributed by atoms with Crippen molar-refractivity contribution >= 4 is 35.8 Å². The lowest BCUT2D eigenvalue weighted by molar-refractivity contribution is -0.165. The molecule has 12 heteroatoms. The van der Waals surface area contributed by atoms with Crippen LogP contribution in [0, 0.1) is 104 Å². The number of carbonyl (C=O) groups excluding carboxylic acids is 6. The van der Waals surface area contributed by atoms with Crippen molar-refractivity contribution in [2.24, 2.45) is 104 Å². The normalized spacial score (nSPS) is 34.0. The minimum atomic E-state index is -0.464. The number of hydrogen-bond donors (Lipinski definition) is 0. The molecule has 6 unspecified atom stereocenters. The molecule has 79 heavy (non-hydrogen) atoms. The highest BCUT2D eigenvalue weighted by atomic mass is 16.6. The van der Waals surface area contributed by atoms with Gasteiger partial charge in [0.1, 0.15) is 26.4 Å². The van der Waals surface area contributed by atoms with E-state index < -0.39 is 10.8 Å². The molecule has 12 aliphatic carbocycles. The Kier molecular flexibility index (Phi) is 21.3. The maximum absolute atomic E-state index is 12.2. The summed E-state index contributed by atoms with van der Waals surface area (Å²) in [5, 5.41) is 0. The first-order chi connectivity index (χ1) is 37.2. The molecule has 0 radical (unpaired) electrons. The van der Waals surface area contributed by atoms with Crippen molar-refractivity contribution in [3.63, 3.8) is 0 Å². The van der Waals surface area contributed by atoms with E-state index in [9.17, 15) is 28.8 Å². The smallest absolute Gasteiger partial charge is 0.311 e. The minimum absolute atomic E-state index is 0.00532. The third kappa shape index (κ3) is 16.3. The van der Waals surface area contributed by atoms with Gasteiger partial charge in [0.05, 0.1) is 46.7 Å². The molecule has 12 fully saturated rings. The van der Waals surface area contributed by atoms with Crippen molar-refractivity contribution in [3.05, 3.63) is 0 Å². The van der Waals surface area contributed by atoms with Crippen molar-refractivity contribution in [2.75, 3.05) is 39.6 Å². The number of esters is 6. The van der Waals surface area contributed by atoms with E-state index in [1.807, 2.05) is 69.2 Å². The largest absolute Gasteiger partial charge is 0.465 e. The Morgan fingerprint density at radius 1 is 0.342 bits per heavy atom. The van der Waals surface area contributed by atoms with E-state index >= 15 is 0 Å². The fourth-order valence-corrected chi connectivity index (χ4v) is 16.8. The van der Waals surface area contributed by atoms with E-state index in [0.29, 0.717) is 35.9 Å². The van der Waals surface area contributed by atoms with Gasteiger partial charge in [-0.3, -0.25) is 28.8 Å². The Morgan fingerprint density at radius 3 is 0.924 bits per heavy atom. The molecule has 0 aromatic heterocycles. The maximum atomic E-state index is 12.2. The van der Waals surface area contributed by atoms with Crippen LogP contribution in [0.25, 0.3) is 0 Å². The van der Waals surface area contributed by atoms with Gasteiger partial charge >= 0.3 is 35.8 Å². The Morgan fingerprint density at radius 2 is 0.633 bits per heavy atom. The van der Waals surface area contributed by atoms with E-state index in [1.165, 1.54) is 116 Å². The summed E-state index contributed by atoms with van der Waals surface area (Å²) < 4.78 is 32.2. The van der Waals surface area contributed by atoms with E-state index in [2.05, 4.69) is 13.8 Å². The zero-order valence-corrected chi connectivity index (χ0v) is 51.7. The van der Waals surface area contributed by atoms with E-state index in [0.717, 1.165) is 92.3 Å². The monoisotopic (exact) mass is 1110 g/mol. The Bertz CT molecular complexity index is 1940. The van der Waals surface area contributed by atoms with Crippen molar-refractivity contribution in [1.29, 1.82) is 0 Å². The van der Waals surface area contributed by atoms with Crippen LogP contribution < -0.4 is 0 Å². The summed E-state index contributed by atoms with van der Waals surface area (Å²) in [6, 6.07) is 0. The first kappa shape index (κ1) is 63.4. The molecular weight excluding hydrogens is 997 g/mol. The molecule has 0 saturated heterocycles. The predicted molar refractivity (Wildman–Crippen MR) is 306 cm³/mol. The summed E-state index contributed by atoms with van der Waals surface area (Å²) in [6.07, 6.45) is 30.6. The average molecular weight is 1110 g/mol. The molecule has 0 amide bonds. The molecule has 450 valence electrons. The van der Waals surface area contributed by atoms with E-state index in [1.54, 1.807) is 0 Å². The topological polar surface area (TPSA) is 158 Å². The molecular formula is C67H110O12. The van der Waals surface area contributed by atoms with Crippen molar-refractivity contribution in [2.45, 2.75) is 244 Å². The summed E-state index contributed by atoms with van der Waals surface area (Å²) in [7, 11) is 0. The summed E-state index contributed by atoms with van der Waals surface area (Å²) in [4.78, 5) is 71.6. The van der Waals surface area contributed by atoms with Crippen LogP contribution in [0.4, 0.5) is 0 Å². The van der Waals surface area contributed by atoms with Crippen LogP contribution >= 0.6 is 0 Å². The SMILES string of the molecule is CCC(C)(C)C(=O)OCC12CC3CC(CC(C3)C1)C2.CCC(C)(C)C(=O)OCCC12CC3CC(CC(C3)C1)C2.CCC(C)(C)C(=O)OCCOC(=O)C1CC2CCC1C2.CCC(C)(C)C(=O)OCCOC(=O)C1CC2CCC1C2. The third-order valence-corrected chi connectivity index (χ3v) is 22.7. The lowest BCUT2D eigenvalue weighted by Gasteiger charge is -2.57. The number of rotatable bonds is 21. The van der Waals surface area contributed by atoms with Crippen molar-refractivity contribution < 1.29 is 57.2 Å². The van der Waals surface area contributed by atoms with Gasteiger partial charge in [0.2, 0.25) is 0 Å². The molecule has 12 aliphatic rings. The predicted octanol–water partition coefficient (Wildman–Crippen LogP) is 14.6. The standard InChI is InChI=1S/C18H30O2.C17H28O2.2C16H26O4/c1-4-17(2,3)16(19)20-6-5-18-10-13-7-14(11-18)9-15(8-13)12-18;1-4-16(2,3)15(18)19-11-17-8-12-5-13(9-17)7-14(6-12)10-17;2*1-4-16(2,3)15(18)20-8-7-19-14(17)13-10-11-5-6-12(13)9-11/h13-15H,4-12H2,1-3H3;12-14H,4-11H2,1-3H3;2*11-13H,4-10H2,1-3H3. The Labute approximate surface area is 477 Å². The Hall–Kier alpha value is -3.18. The molecule has 0 spiro atoms. The van der Waals surface area contributed by atoms with Gasteiger partial charge in [0, 0.05) is 5.41 Å². The van der Waals surface area contributed by atoms with Crippen LogP contribution in [0.1, 0.15) is 244 Å². The van der Waals surface area contributed by atoms with Crippen molar-refractivity contribution in [1.82, 2.24) is 0 Å². The van der Waals surface area contributed by atoms with Gasteiger partial charge in [-0.05, 0) is 268 Å². The summed E-state index contributed by atoms with van der Waals surface area (Å²) in [6.45, 7) is 25.4. The van der Waals surface area contributed by atoms with Crippen LogP contribution in [-0.4, -0.2) is 75.5 Å². The number of ether oxygens (including phenoxy) is 6. The number of carbonyl (C=O) groups is 6. The van der Waals surface area contributed by atoms with Crippen LogP contribution in [-0.2, 0) is 57.2 Å². The third-order valence-electron chi connectivity index (χ3n) is 22.7. The van der Waals surface area contributed by atoms with Crippen molar-refractivity contribution in [3.8, 4) is 0 Å². The van der Waals surface area contributed by atoms with E-state index in [-0.39, 0.29) is 84.9 Å². The highest BCUT2D eigenvalue weighted by Crippen LogP contribution is 2.62. The molecule has 0 N–H and O–H groups in total. The fourth-order valence-electron chi connectivity index (χ4n) is 16.8. The average Bonchev–Trinajstić information content (AvgIpc) is 4.42. The fraction of sp³-hybridized carbons (Fsp3) is 0.910. The zero-order valence-electron chi connectivity index (χ0n) is 51.7. The molecule has 12 saturated carbocycles. The molecule has 0 heterocycles. The molecule has 0 aromatic rings. The Balaban J connectivity index is 0.000000152. The first-order valence-electron chi connectivity index (χ1n) is 32.2. The van der Waals surface area contributed by atoms with Gasteiger partial charge < -0.3 is 28.4 Å². The quantitative estimate of drug-likeness (QED) is 0.0609. The molecule has 12 bridgehead atoms. The van der Waals surface area contributed by atoms with Gasteiger partial charge in [0.25, 0.3) is 0 Å². The zero-order chi connectivity index (χ0) is 57.6. The van der Waals surface area contributed by atoms with Crippen LogP contribution in [0.5, 0.6) is 0 Å². The van der Waals surface area contributed by atoms with Crippen LogP contribution in [0.15, 0.2) is 0 Å². The highest BCUT2D eigenvalue weighted by Gasteiger charge is 2.53. The van der Waals surface area contributed by atoms with Crippen LogP contribution in [0.3, 0.4) is 0 Å². The maximum Gasteiger partial charge on any atom is 0.311 e. The lowest BCUT2D eigenvalue weighted by atomic mass is 9.49. The second kappa shape index (κ2) is 26.6. The molecule has 12 rings (SSSR count). The number of hydrogen-bond acceptors (Lipinski definition) is 12. The molecule has 12 nitrogen and oxygen atoms in total. The summed E-state index contributed by atoms with van der Waals surface area (Å²) in [5.74, 6) is 7.86.